The standard InChI is InChI=1S/C33H20N2O/c1-2-8-24-21(7-1)19-20-34-32(24)22-13-15-23(16-14-22)35-28-11-5-3-9-25(28)26-17-18-30-31(33(26)35)27-10-4-6-12-29(27)36-30/h1-20H. The smallest absolute Gasteiger partial charge is 0.137 e. The highest BCUT2D eigenvalue weighted by atomic mass is 16.3. The van der Waals surface area contributed by atoms with E-state index in [4.69, 9.17) is 9.40 Å². The normalized spacial score (nSPS) is 11.9. The number of benzene rings is 5. The fraction of sp³-hybridized carbons (Fsp3) is 0. The SMILES string of the molecule is c1ccc2c(-c3ccc(-n4c5ccccc5c5ccc6oc7ccccc7c6c54)cc3)nccc2c1. The molecule has 0 saturated carbocycles. The zero-order valence-corrected chi connectivity index (χ0v) is 19.3. The molecule has 8 rings (SSSR count). The molecule has 0 saturated heterocycles. The van der Waals surface area contributed by atoms with Gasteiger partial charge in [-0.05, 0) is 47.9 Å². The highest BCUT2D eigenvalue weighted by Gasteiger charge is 2.18. The molecule has 0 N–H and O–H groups in total. The molecule has 0 bridgehead atoms. The van der Waals surface area contributed by atoms with E-state index in [1.54, 1.807) is 0 Å². The summed E-state index contributed by atoms with van der Waals surface area (Å²) in [5, 5.41) is 7.11. The maximum atomic E-state index is 6.24. The number of rotatable bonds is 2. The number of nitrogens with zero attached hydrogens (tertiary/aromatic N) is 2. The van der Waals surface area contributed by atoms with Gasteiger partial charge in [0.15, 0.2) is 0 Å². The van der Waals surface area contributed by atoms with Crippen LogP contribution in [0.2, 0.25) is 0 Å². The summed E-state index contributed by atoms with van der Waals surface area (Å²) in [5.41, 5.74) is 7.40. The van der Waals surface area contributed by atoms with Crippen LogP contribution in [0.1, 0.15) is 0 Å². The lowest BCUT2D eigenvalue weighted by Gasteiger charge is -2.11. The first-order valence-corrected chi connectivity index (χ1v) is 12.1. The highest BCUT2D eigenvalue weighted by molar-refractivity contribution is 6.24. The third-order valence-electron chi connectivity index (χ3n) is 7.25. The lowest BCUT2D eigenvalue weighted by molar-refractivity contribution is 0.669. The van der Waals surface area contributed by atoms with Crippen molar-refractivity contribution in [1.82, 2.24) is 9.55 Å². The molecule has 0 aliphatic rings. The average molecular weight is 461 g/mol. The van der Waals surface area contributed by atoms with Gasteiger partial charge in [0.05, 0.1) is 22.1 Å². The molecule has 0 spiro atoms. The third-order valence-corrected chi connectivity index (χ3v) is 7.25. The third kappa shape index (κ3) is 2.65. The van der Waals surface area contributed by atoms with Crippen molar-refractivity contribution < 1.29 is 4.42 Å². The van der Waals surface area contributed by atoms with Gasteiger partial charge in [-0.15, -0.1) is 0 Å². The molecule has 0 aliphatic heterocycles. The predicted molar refractivity (Wildman–Crippen MR) is 149 cm³/mol. The molecule has 0 atom stereocenters. The van der Waals surface area contributed by atoms with Crippen molar-refractivity contribution in [3.8, 4) is 16.9 Å². The van der Waals surface area contributed by atoms with Gasteiger partial charge >= 0.3 is 0 Å². The van der Waals surface area contributed by atoms with Crippen LogP contribution in [0.25, 0.3) is 71.5 Å². The van der Waals surface area contributed by atoms with Crippen molar-refractivity contribution in [2.45, 2.75) is 0 Å². The fourth-order valence-electron chi connectivity index (χ4n) is 5.65. The van der Waals surface area contributed by atoms with E-state index >= 15 is 0 Å². The van der Waals surface area contributed by atoms with Gasteiger partial charge in [-0.3, -0.25) is 4.98 Å². The summed E-state index contributed by atoms with van der Waals surface area (Å²) in [5.74, 6) is 0. The van der Waals surface area contributed by atoms with Crippen molar-refractivity contribution in [1.29, 1.82) is 0 Å². The molecule has 0 radical (unpaired) electrons. The van der Waals surface area contributed by atoms with Gasteiger partial charge in [-0.1, -0.05) is 72.8 Å². The van der Waals surface area contributed by atoms with Gasteiger partial charge < -0.3 is 8.98 Å². The summed E-state index contributed by atoms with van der Waals surface area (Å²) in [6, 6.07) is 40.4. The van der Waals surface area contributed by atoms with E-state index < -0.39 is 0 Å². The molecule has 0 aliphatic carbocycles. The van der Waals surface area contributed by atoms with Crippen molar-refractivity contribution in [3.05, 3.63) is 121 Å². The zero-order chi connectivity index (χ0) is 23.6. The summed E-state index contributed by atoms with van der Waals surface area (Å²) in [6.07, 6.45) is 1.89. The maximum absolute atomic E-state index is 6.24. The van der Waals surface area contributed by atoms with Gasteiger partial charge in [0.1, 0.15) is 11.2 Å². The summed E-state index contributed by atoms with van der Waals surface area (Å²) < 4.78 is 8.61. The van der Waals surface area contributed by atoms with E-state index in [9.17, 15) is 0 Å². The highest BCUT2D eigenvalue weighted by Crippen LogP contribution is 2.40. The molecule has 0 unspecified atom stereocenters. The van der Waals surface area contributed by atoms with Crippen molar-refractivity contribution in [2.24, 2.45) is 0 Å². The Morgan fingerprint density at radius 2 is 1.31 bits per heavy atom. The van der Waals surface area contributed by atoms with Crippen LogP contribution < -0.4 is 0 Å². The molecular formula is C33H20N2O. The monoisotopic (exact) mass is 460 g/mol. The van der Waals surface area contributed by atoms with Gasteiger partial charge in [0, 0.05) is 39.0 Å². The fourth-order valence-corrected chi connectivity index (χ4v) is 5.65. The van der Waals surface area contributed by atoms with Crippen LogP contribution in [0, 0.1) is 0 Å². The molecule has 0 amide bonds. The van der Waals surface area contributed by atoms with Crippen LogP contribution in [0.4, 0.5) is 0 Å². The number of hydrogen-bond donors (Lipinski definition) is 0. The number of fused-ring (bicyclic) bond motifs is 8. The number of para-hydroxylation sites is 2. The Morgan fingerprint density at radius 3 is 2.19 bits per heavy atom. The summed E-state index contributed by atoms with van der Waals surface area (Å²) in [6.45, 7) is 0. The molecule has 5 aromatic carbocycles. The Hall–Kier alpha value is -4.89. The maximum Gasteiger partial charge on any atom is 0.137 e. The topological polar surface area (TPSA) is 31.0 Å². The average Bonchev–Trinajstić information content (AvgIpc) is 3.48. The molecule has 3 heteroatoms. The second-order valence-electron chi connectivity index (χ2n) is 9.21. The Labute approximate surface area is 206 Å². The molecule has 168 valence electrons. The largest absolute Gasteiger partial charge is 0.456 e. The van der Waals surface area contributed by atoms with Gasteiger partial charge in [0.2, 0.25) is 0 Å². The Kier molecular flexibility index (Phi) is 3.94. The van der Waals surface area contributed by atoms with E-state index in [0.717, 1.165) is 44.3 Å². The molecular weight excluding hydrogens is 440 g/mol. The summed E-state index contributed by atoms with van der Waals surface area (Å²) >= 11 is 0. The van der Waals surface area contributed by atoms with Crippen molar-refractivity contribution in [2.75, 3.05) is 0 Å². The lowest BCUT2D eigenvalue weighted by atomic mass is 10.0. The molecule has 8 aromatic rings. The second kappa shape index (κ2) is 7.30. The Bertz CT molecular complexity index is 2090. The first-order chi connectivity index (χ1) is 17.9. The minimum absolute atomic E-state index is 0.907. The van der Waals surface area contributed by atoms with Gasteiger partial charge in [-0.2, -0.15) is 0 Å². The van der Waals surface area contributed by atoms with Crippen LogP contribution in [-0.4, -0.2) is 9.55 Å². The number of furan rings is 1. The van der Waals surface area contributed by atoms with E-state index in [1.165, 1.54) is 27.2 Å². The summed E-state index contributed by atoms with van der Waals surface area (Å²) in [4.78, 5) is 4.72. The summed E-state index contributed by atoms with van der Waals surface area (Å²) in [7, 11) is 0. The number of hydrogen-bond acceptors (Lipinski definition) is 2. The van der Waals surface area contributed by atoms with E-state index in [2.05, 4.69) is 108 Å². The Balaban J connectivity index is 1.43. The predicted octanol–water partition coefficient (Wildman–Crippen LogP) is 8.90. The minimum atomic E-state index is 0.907. The van der Waals surface area contributed by atoms with Crippen LogP contribution in [-0.2, 0) is 0 Å². The molecule has 0 fully saturated rings. The first-order valence-electron chi connectivity index (χ1n) is 12.1. The van der Waals surface area contributed by atoms with E-state index in [1.807, 2.05) is 18.3 Å². The van der Waals surface area contributed by atoms with Crippen LogP contribution in [0.5, 0.6) is 0 Å². The van der Waals surface area contributed by atoms with Crippen LogP contribution in [0.3, 0.4) is 0 Å². The van der Waals surface area contributed by atoms with Crippen molar-refractivity contribution in [3.63, 3.8) is 0 Å². The molecule has 36 heavy (non-hydrogen) atoms. The first kappa shape index (κ1) is 19.4. The Morgan fingerprint density at radius 1 is 0.556 bits per heavy atom. The van der Waals surface area contributed by atoms with Crippen LogP contribution in [0.15, 0.2) is 126 Å². The van der Waals surface area contributed by atoms with Gasteiger partial charge in [-0.25, -0.2) is 0 Å². The molecule has 3 aromatic heterocycles. The van der Waals surface area contributed by atoms with Crippen molar-refractivity contribution >= 4 is 54.5 Å². The van der Waals surface area contributed by atoms with E-state index in [-0.39, 0.29) is 0 Å². The van der Waals surface area contributed by atoms with Crippen LogP contribution >= 0.6 is 0 Å². The number of pyridine rings is 1. The zero-order valence-electron chi connectivity index (χ0n) is 19.3. The second-order valence-corrected chi connectivity index (χ2v) is 9.21. The lowest BCUT2D eigenvalue weighted by Crippen LogP contribution is -1.94. The molecule has 3 heterocycles. The minimum Gasteiger partial charge on any atom is -0.456 e. The van der Waals surface area contributed by atoms with E-state index in [0.29, 0.717) is 0 Å². The number of aromatic nitrogens is 2. The molecule has 3 nitrogen and oxygen atoms in total. The van der Waals surface area contributed by atoms with Gasteiger partial charge in [0.25, 0.3) is 0 Å². The quantitative estimate of drug-likeness (QED) is 0.258.